The number of amides is 1. The highest BCUT2D eigenvalue weighted by Crippen LogP contribution is 2.31. The molecule has 0 bridgehead atoms. The third-order valence-electron chi connectivity index (χ3n) is 5.93. The molecule has 1 N–H and O–H groups in total. The third-order valence-corrected chi connectivity index (χ3v) is 6.91. The number of aromatic nitrogens is 3. The quantitative estimate of drug-likeness (QED) is 0.438. The van der Waals surface area contributed by atoms with Crippen molar-refractivity contribution in [2.75, 3.05) is 37.5 Å². The summed E-state index contributed by atoms with van der Waals surface area (Å²) >= 11 is 1.51. The lowest BCUT2D eigenvalue weighted by molar-refractivity contribution is -0.120. The molecule has 3 heterocycles. The van der Waals surface area contributed by atoms with Crippen molar-refractivity contribution in [3.05, 3.63) is 54.5 Å². The molecule has 1 saturated heterocycles. The number of hydrogen-bond acceptors (Lipinski definition) is 7. The largest absolute Gasteiger partial charge is 0.497 e. The molecule has 0 aliphatic carbocycles. The predicted octanol–water partition coefficient (Wildman–Crippen LogP) is 4.47. The molecule has 0 unspecified atom stereocenters. The number of carbonyl (C=O) groups excluding carboxylic acids is 1. The highest BCUT2D eigenvalue weighted by atomic mass is 32.1. The molecule has 2 aromatic heterocycles. The minimum absolute atomic E-state index is 0.00663. The Kier molecular flexibility index (Phi) is 6.06. The standard InChI is InChI=1S/C24H24FN5O3S/c1-32-19-11-18(12-20(13-19)33-2)26-22(31)16-7-9-29(10-8-16)24-28-30-14-21(27-23(30)34-24)15-3-5-17(25)6-4-15/h3-6,11-14,16H,7-10H2,1-2H3,(H,26,31). The molecule has 8 nitrogen and oxygen atoms in total. The number of fused-ring (bicyclic) bond motifs is 1. The van der Waals surface area contributed by atoms with Gasteiger partial charge in [0, 0.05) is 48.5 Å². The van der Waals surface area contributed by atoms with Gasteiger partial charge in [0.2, 0.25) is 16.0 Å². The van der Waals surface area contributed by atoms with Crippen LogP contribution in [0.15, 0.2) is 48.7 Å². The fourth-order valence-electron chi connectivity index (χ4n) is 4.03. The number of hydrogen-bond donors (Lipinski definition) is 1. The number of halogens is 1. The molecule has 4 aromatic rings. The van der Waals surface area contributed by atoms with E-state index < -0.39 is 0 Å². The van der Waals surface area contributed by atoms with Crippen LogP contribution >= 0.6 is 11.3 Å². The van der Waals surface area contributed by atoms with Crippen LogP contribution in [0.2, 0.25) is 0 Å². The number of carbonyl (C=O) groups is 1. The van der Waals surface area contributed by atoms with Crippen molar-refractivity contribution >= 4 is 33.0 Å². The maximum absolute atomic E-state index is 13.2. The van der Waals surface area contributed by atoms with E-state index in [2.05, 4.69) is 20.3 Å². The minimum Gasteiger partial charge on any atom is -0.497 e. The Labute approximate surface area is 199 Å². The summed E-state index contributed by atoms with van der Waals surface area (Å²) in [5.74, 6) is 0.891. The number of methoxy groups -OCH3 is 2. The maximum atomic E-state index is 13.2. The Morgan fingerprint density at radius 2 is 1.76 bits per heavy atom. The van der Waals surface area contributed by atoms with E-state index in [1.54, 1.807) is 49.1 Å². The zero-order valence-electron chi connectivity index (χ0n) is 18.8. The Morgan fingerprint density at radius 1 is 1.09 bits per heavy atom. The molecule has 5 rings (SSSR count). The zero-order valence-corrected chi connectivity index (χ0v) is 19.6. The number of piperidine rings is 1. The van der Waals surface area contributed by atoms with Crippen molar-refractivity contribution in [2.24, 2.45) is 5.92 Å². The van der Waals surface area contributed by atoms with E-state index in [4.69, 9.17) is 9.47 Å². The van der Waals surface area contributed by atoms with Crippen molar-refractivity contribution in [3.63, 3.8) is 0 Å². The van der Waals surface area contributed by atoms with E-state index >= 15 is 0 Å². The van der Waals surface area contributed by atoms with E-state index in [0.717, 1.165) is 47.3 Å². The monoisotopic (exact) mass is 481 g/mol. The number of anilines is 2. The van der Waals surface area contributed by atoms with Crippen LogP contribution in [0.1, 0.15) is 12.8 Å². The summed E-state index contributed by atoms with van der Waals surface area (Å²) in [6.45, 7) is 1.47. The second kappa shape index (κ2) is 9.30. The lowest BCUT2D eigenvalue weighted by Crippen LogP contribution is -2.38. The minimum atomic E-state index is -0.273. The van der Waals surface area contributed by atoms with Gasteiger partial charge in [0.1, 0.15) is 17.3 Å². The second-order valence-corrected chi connectivity index (χ2v) is 9.03. The van der Waals surface area contributed by atoms with Gasteiger partial charge in [0.25, 0.3) is 0 Å². The fraction of sp³-hybridized carbons (Fsp3) is 0.292. The predicted molar refractivity (Wildman–Crippen MR) is 129 cm³/mol. The van der Waals surface area contributed by atoms with E-state index in [1.807, 2.05) is 6.20 Å². The molecule has 0 saturated carbocycles. The van der Waals surface area contributed by atoms with Gasteiger partial charge in [-0.2, -0.15) is 0 Å². The first-order valence-electron chi connectivity index (χ1n) is 10.9. The molecule has 1 aliphatic heterocycles. The smallest absolute Gasteiger partial charge is 0.227 e. The first-order chi connectivity index (χ1) is 16.5. The molecule has 0 spiro atoms. The molecular weight excluding hydrogens is 457 g/mol. The van der Waals surface area contributed by atoms with E-state index in [0.29, 0.717) is 17.2 Å². The average molecular weight is 482 g/mol. The van der Waals surface area contributed by atoms with Gasteiger partial charge in [0.05, 0.1) is 26.1 Å². The zero-order chi connectivity index (χ0) is 23.7. The van der Waals surface area contributed by atoms with Crippen LogP contribution < -0.4 is 19.7 Å². The Balaban J connectivity index is 1.21. The number of ether oxygens (including phenoxy) is 2. The number of rotatable bonds is 6. The van der Waals surface area contributed by atoms with Crippen LogP contribution in [-0.2, 0) is 4.79 Å². The molecule has 34 heavy (non-hydrogen) atoms. The van der Waals surface area contributed by atoms with Gasteiger partial charge in [-0.05, 0) is 37.1 Å². The van der Waals surface area contributed by atoms with Crippen LogP contribution in [0.5, 0.6) is 11.5 Å². The van der Waals surface area contributed by atoms with Crippen molar-refractivity contribution in [2.45, 2.75) is 12.8 Å². The molecule has 0 radical (unpaired) electrons. The van der Waals surface area contributed by atoms with Gasteiger partial charge in [-0.25, -0.2) is 13.9 Å². The molecule has 1 fully saturated rings. The van der Waals surface area contributed by atoms with Gasteiger partial charge < -0.3 is 19.7 Å². The Morgan fingerprint density at radius 3 is 2.38 bits per heavy atom. The van der Waals surface area contributed by atoms with Crippen molar-refractivity contribution in [3.8, 4) is 22.8 Å². The first kappa shape index (κ1) is 22.1. The van der Waals surface area contributed by atoms with Crippen molar-refractivity contribution < 1.29 is 18.7 Å². The summed E-state index contributed by atoms with van der Waals surface area (Å²) < 4.78 is 25.5. The molecule has 1 amide bonds. The lowest BCUT2D eigenvalue weighted by atomic mass is 9.96. The van der Waals surface area contributed by atoms with Crippen LogP contribution in [0, 0.1) is 11.7 Å². The van der Waals surface area contributed by atoms with Gasteiger partial charge in [-0.3, -0.25) is 4.79 Å². The van der Waals surface area contributed by atoms with Crippen molar-refractivity contribution in [1.29, 1.82) is 0 Å². The number of nitrogens with zero attached hydrogens (tertiary/aromatic N) is 4. The Bertz CT molecular complexity index is 1260. The fourth-order valence-corrected chi connectivity index (χ4v) is 4.97. The summed E-state index contributed by atoms with van der Waals surface area (Å²) in [6.07, 6.45) is 3.32. The number of imidazole rings is 1. The summed E-state index contributed by atoms with van der Waals surface area (Å²) in [5.41, 5.74) is 2.26. The van der Waals surface area contributed by atoms with Crippen LogP contribution in [0.3, 0.4) is 0 Å². The SMILES string of the molecule is COc1cc(NC(=O)C2CCN(c3nn4cc(-c5ccc(F)cc5)nc4s3)CC2)cc(OC)c1. The molecule has 176 valence electrons. The molecule has 1 aliphatic rings. The number of benzene rings is 2. The molecule has 2 aromatic carbocycles. The van der Waals surface area contributed by atoms with Gasteiger partial charge >= 0.3 is 0 Å². The van der Waals surface area contributed by atoms with E-state index in [1.165, 1.54) is 23.5 Å². The van der Waals surface area contributed by atoms with Crippen LogP contribution in [0.4, 0.5) is 15.2 Å². The topological polar surface area (TPSA) is 81.0 Å². The van der Waals surface area contributed by atoms with Crippen LogP contribution in [0.25, 0.3) is 16.2 Å². The summed E-state index contributed by atoms with van der Waals surface area (Å²) in [5, 5.41) is 8.54. The molecule has 0 atom stereocenters. The lowest BCUT2D eigenvalue weighted by Gasteiger charge is -2.30. The van der Waals surface area contributed by atoms with Gasteiger partial charge in [0.15, 0.2) is 0 Å². The second-order valence-electron chi connectivity index (χ2n) is 8.10. The van der Waals surface area contributed by atoms with Crippen molar-refractivity contribution in [1.82, 2.24) is 14.6 Å². The highest BCUT2D eigenvalue weighted by Gasteiger charge is 2.27. The average Bonchev–Trinajstić information content (AvgIpc) is 3.44. The Hall–Kier alpha value is -3.66. The first-order valence-corrected chi connectivity index (χ1v) is 11.7. The van der Waals surface area contributed by atoms with Gasteiger partial charge in [-0.15, -0.1) is 5.10 Å². The van der Waals surface area contributed by atoms with Gasteiger partial charge in [-0.1, -0.05) is 11.3 Å². The maximum Gasteiger partial charge on any atom is 0.227 e. The van der Waals surface area contributed by atoms with E-state index in [-0.39, 0.29) is 17.6 Å². The van der Waals surface area contributed by atoms with Crippen LogP contribution in [-0.4, -0.2) is 47.8 Å². The normalized spacial score (nSPS) is 14.4. The van der Waals surface area contributed by atoms with E-state index in [9.17, 15) is 9.18 Å². The summed E-state index contributed by atoms with van der Waals surface area (Å²) in [7, 11) is 3.16. The molecule has 10 heteroatoms. The molecular formula is C24H24FN5O3S. The number of nitrogens with one attached hydrogen (secondary N) is 1. The summed E-state index contributed by atoms with van der Waals surface area (Å²) in [6, 6.07) is 11.6. The highest BCUT2D eigenvalue weighted by molar-refractivity contribution is 7.20. The summed E-state index contributed by atoms with van der Waals surface area (Å²) in [4.78, 5) is 20.4. The third kappa shape index (κ3) is 4.54.